The highest BCUT2D eigenvalue weighted by atomic mass is 32.2. The van der Waals surface area contributed by atoms with Crippen LogP contribution in [0.4, 0.5) is 5.69 Å². The van der Waals surface area contributed by atoms with Gasteiger partial charge in [0.15, 0.2) is 0 Å². The molecule has 0 aliphatic carbocycles. The standard InChI is InChI=1S/C12H21N3O2S/c1-4-12(2,9-13)15-10-5-7-11(8-6-10)18(16,17)14-3/h5-8,14-15H,4,9,13H2,1-3H3. The van der Waals surface area contributed by atoms with E-state index in [1.54, 1.807) is 24.3 Å². The maximum Gasteiger partial charge on any atom is 0.240 e. The highest BCUT2D eigenvalue weighted by molar-refractivity contribution is 7.89. The molecule has 0 aliphatic rings. The second-order valence-corrected chi connectivity index (χ2v) is 6.36. The number of sulfonamides is 1. The average Bonchev–Trinajstić information content (AvgIpc) is 2.39. The maximum atomic E-state index is 11.6. The third-order valence-electron chi connectivity index (χ3n) is 3.11. The van der Waals surface area contributed by atoms with E-state index >= 15 is 0 Å². The molecule has 0 amide bonds. The Morgan fingerprint density at radius 2 is 1.83 bits per heavy atom. The van der Waals surface area contributed by atoms with Crippen molar-refractivity contribution in [1.82, 2.24) is 4.72 Å². The van der Waals surface area contributed by atoms with E-state index in [9.17, 15) is 8.42 Å². The molecule has 1 rings (SSSR count). The Kier molecular flexibility index (Phi) is 4.72. The molecule has 0 spiro atoms. The Morgan fingerprint density at radius 1 is 1.28 bits per heavy atom. The summed E-state index contributed by atoms with van der Waals surface area (Å²) in [6.07, 6.45) is 0.889. The van der Waals surface area contributed by atoms with Crippen molar-refractivity contribution in [3.05, 3.63) is 24.3 Å². The summed E-state index contributed by atoms with van der Waals surface area (Å²) < 4.78 is 25.4. The lowest BCUT2D eigenvalue weighted by molar-refractivity contribution is 0.506. The van der Waals surface area contributed by atoms with Crippen LogP contribution in [0.3, 0.4) is 0 Å². The van der Waals surface area contributed by atoms with Gasteiger partial charge in [-0.25, -0.2) is 13.1 Å². The molecular formula is C12H21N3O2S. The van der Waals surface area contributed by atoms with E-state index in [1.807, 2.05) is 6.92 Å². The monoisotopic (exact) mass is 271 g/mol. The van der Waals surface area contributed by atoms with Gasteiger partial charge in [0.2, 0.25) is 10.0 Å². The number of hydrogen-bond acceptors (Lipinski definition) is 4. The zero-order chi connectivity index (χ0) is 13.8. The van der Waals surface area contributed by atoms with Crippen LogP contribution in [0, 0.1) is 0 Å². The molecule has 1 atom stereocenters. The molecule has 5 nitrogen and oxygen atoms in total. The third-order valence-corrected chi connectivity index (χ3v) is 4.54. The van der Waals surface area contributed by atoms with Crippen molar-refractivity contribution in [1.29, 1.82) is 0 Å². The molecule has 6 heteroatoms. The summed E-state index contributed by atoms with van der Waals surface area (Å²) in [5, 5.41) is 3.31. The van der Waals surface area contributed by atoms with E-state index in [-0.39, 0.29) is 10.4 Å². The fourth-order valence-electron chi connectivity index (χ4n) is 1.47. The van der Waals surface area contributed by atoms with E-state index in [2.05, 4.69) is 17.0 Å². The minimum atomic E-state index is -3.37. The van der Waals surface area contributed by atoms with Crippen molar-refractivity contribution in [3.63, 3.8) is 0 Å². The van der Waals surface area contributed by atoms with E-state index in [0.717, 1.165) is 12.1 Å². The molecule has 0 aromatic heterocycles. The van der Waals surface area contributed by atoms with Crippen LogP contribution < -0.4 is 15.8 Å². The number of hydrogen-bond donors (Lipinski definition) is 3. The first-order valence-corrected chi connectivity index (χ1v) is 7.37. The lowest BCUT2D eigenvalue weighted by atomic mass is 9.99. The number of nitrogens with two attached hydrogens (primary N) is 1. The van der Waals surface area contributed by atoms with E-state index in [0.29, 0.717) is 6.54 Å². The molecule has 102 valence electrons. The molecule has 0 heterocycles. The van der Waals surface area contributed by atoms with Gasteiger partial charge in [0, 0.05) is 17.8 Å². The second kappa shape index (κ2) is 5.69. The first kappa shape index (κ1) is 14.9. The van der Waals surface area contributed by atoms with Gasteiger partial charge >= 0.3 is 0 Å². The van der Waals surface area contributed by atoms with Gasteiger partial charge in [-0.15, -0.1) is 0 Å². The zero-order valence-corrected chi connectivity index (χ0v) is 11.8. The Labute approximate surface area is 109 Å². The predicted molar refractivity (Wildman–Crippen MR) is 74.1 cm³/mol. The lowest BCUT2D eigenvalue weighted by Gasteiger charge is -2.29. The van der Waals surface area contributed by atoms with Crippen LogP contribution in [0.2, 0.25) is 0 Å². The SMILES string of the molecule is CCC(C)(CN)Nc1ccc(S(=O)(=O)NC)cc1. The smallest absolute Gasteiger partial charge is 0.240 e. The van der Waals surface area contributed by atoms with Gasteiger partial charge in [0.1, 0.15) is 0 Å². The summed E-state index contributed by atoms with van der Waals surface area (Å²) in [5.74, 6) is 0. The Hall–Kier alpha value is -1.11. The van der Waals surface area contributed by atoms with Crippen molar-refractivity contribution in [2.75, 3.05) is 18.9 Å². The molecule has 0 saturated heterocycles. The predicted octanol–water partition coefficient (Wildman–Crippen LogP) is 1.13. The first-order chi connectivity index (χ1) is 8.37. The molecule has 18 heavy (non-hydrogen) atoms. The molecule has 0 radical (unpaired) electrons. The van der Waals surface area contributed by atoms with Gasteiger partial charge in [-0.1, -0.05) is 6.92 Å². The van der Waals surface area contributed by atoms with Crippen LogP contribution >= 0.6 is 0 Å². The number of benzene rings is 1. The van der Waals surface area contributed by atoms with Crippen LogP contribution in [0.25, 0.3) is 0 Å². The van der Waals surface area contributed by atoms with Gasteiger partial charge in [-0.2, -0.15) is 0 Å². The van der Waals surface area contributed by atoms with Crippen molar-refractivity contribution in [2.24, 2.45) is 5.73 Å². The van der Waals surface area contributed by atoms with Crippen LogP contribution in [-0.4, -0.2) is 27.5 Å². The van der Waals surface area contributed by atoms with Crippen molar-refractivity contribution in [2.45, 2.75) is 30.7 Å². The molecule has 1 unspecified atom stereocenters. The fraction of sp³-hybridized carbons (Fsp3) is 0.500. The van der Waals surface area contributed by atoms with E-state index < -0.39 is 10.0 Å². The summed E-state index contributed by atoms with van der Waals surface area (Å²) in [7, 11) is -1.98. The zero-order valence-electron chi connectivity index (χ0n) is 11.0. The largest absolute Gasteiger partial charge is 0.379 e. The summed E-state index contributed by atoms with van der Waals surface area (Å²) >= 11 is 0. The quantitative estimate of drug-likeness (QED) is 0.724. The molecule has 0 saturated carbocycles. The van der Waals surface area contributed by atoms with Gasteiger partial charge in [-0.05, 0) is 44.7 Å². The van der Waals surface area contributed by atoms with Gasteiger partial charge in [-0.3, -0.25) is 0 Å². The lowest BCUT2D eigenvalue weighted by Crippen LogP contribution is -2.41. The van der Waals surface area contributed by atoms with Crippen LogP contribution in [0.5, 0.6) is 0 Å². The maximum absolute atomic E-state index is 11.6. The highest BCUT2D eigenvalue weighted by Gasteiger charge is 2.19. The molecular weight excluding hydrogens is 250 g/mol. The first-order valence-electron chi connectivity index (χ1n) is 5.89. The highest BCUT2D eigenvalue weighted by Crippen LogP contribution is 2.19. The molecule has 4 N–H and O–H groups in total. The summed E-state index contributed by atoms with van der Waals surface area (Å²) in [6, 6.07) is 6.63. The van der Waals surface area contributed by atoms with Crippen molar-refractivity contribution < 1.29 is 8.42 Å². The molecule has 1 aromatic carbocycles. The number of nitrogens with one attached hydrogen (secondary N) is 2. The van der Waals surface area contributed by atoms with E-state index in [4.69, 9.17) is 5.73 Å². The summed E-state index contributed by atoms with van der Waals surface area (Å²) in [5.41, 5.74) is 6.40. The number of anilines is 1. The summed E-state index contributed by atoms with van der Waals surface area (Å²) in [4.78, 5) is 0.251. The van der Waals surface area contributed by atoms with Gasteiger partial charge < -0.3 is 11.1 Å². The molecule has 1 aromatic rings. The minimum absolute atomic E-state index is 0.177. The molecule has 0 fully saturated rings. The van der Waals surface area contributed by atoms with Crippen LogP contribution in [-0.2, 0) is 10.0 Å². The van der Waals surface area contributed by atoms with Crippen molar-refractivity contribution in [3.8, 4) is 0 Å². The third kappa shape index (κ3) is 3.44. The topological polar surface area (TPSA) is 84.2 Å². The fourth-order valence-corrected chi connectivity index (χ4v) is 2.20. The average molecular weight is 271 g/mol. The summed E-state index contributed by atoms with van der Waals surface area (Å²) in [6.45, 7) is 4.60. The number of rotatable bonds is 6. The Balaban J connectivity index is 2.91. The normalized spacial score (nSPS) is 15.1. The van der Waals surface area contributed by atoms with Gasteiger partial charge in [0.25, 0.3) is 0 Å². The van der Waals surface area contributed by atoms with Gasteiger partial charge in [0.05, 0.1) is 4.90 Å². The van der Waals surface area contributed by atoms with Crippen molar-refractivity contribution >= 4 is 15.7 Å². The molecule has 0 aliphatic heterocycles. The molecule has 0 bridgehead atoms. The minimum Gasteiger partial charge on any atom is -0.379 e. The second-order valence-electron chi connectivity index (χ2n) is 4.48. The van der Waals surface area contributed by atoms with Crippen LogP contribution in [0.15, 0.2) is 29.2 Å². The van der Waals surface area contributed by atoms with E-state index in [1.165, 1.54) is 7.05 Å². The van der Waals surface area contributed by atoms with Crippen LogP contribution in [0.1, 0.15) is 20.3 Å². The Morgan fingerprint density at radius 3 is 2.22 bits per heavy atom. The Bertz CT molecular complexity index is 479.